The predicted molar refractivity (Wildman–Crippen MR) is 91.0 cm³/mol. The van der Waals surface area contributed by atoms with Gasteiger partial charge in [0.05, 0.1) is 19.4 Å². The van der Waals surface area contributed by atoms with Gasteiger partial charge in [-0.15, -0.1) is 0 Å². The first-order valence-electron chi connectivity index (χ1n) is 8.36. The molecule has 0 atom stereocenters. The number of fused-ring (bicyclic) bond motifs is 1. The van der Waals surface area contributed by atoms with E-state index >= 15 is 0 Å². The van der Waals surface area contributed by atoms with Crippen LogP contribution < -0.4 is 9.47 Å². The van der Waals surface area contributed by atoms with Crippen LogP contribution in [0.3, 0.4) is 0 Å². The van der Waals surface area contributed by atoms with Crippen molar-refractivity contribution in [3.05, 3.63) is 29.5 Å². The first-order chi connectivity index (χ1) is 11.3. The number of aromatic nitrogens is 2. The number of rotatable bonds is 6. The lowest BCUT2D eigenvalue weighted by Gasteiger charge is -2.26. The molecule has 23 heavy (non-hydrogen) atoms. The maximum Gasteiger partial charge on any atom is 0.161 e. The molecule has 0 aliphatic carbocycles. The van der Waals surface area contributed by atoms with E-state index in [1.165, 1.54) is 17.7 Å². The van der Waals surface area contributed by atoms with E-state index in [4.69, 9.17) is 9.47 Å². The molecule has 0 unspecified atom stereocenters. The standard InChI is InChI=1S/C18H25N3O2/c1-4-9-21-10-8-15-14(12-21)18(20-19-15)13-6-7-16(22-3)17(11-13)23-5-2/h6-7,11H,4-5,8-10,12H2,1-3H3,(H,19,20). The van der Waals surface area contributed by atoms with Crippen LogP contribution in [0.5, 0.6) is 11.5 Å². The van der Waals surface area contributed by atoms with Gasteiger partial charge in [0.2, 0.25) is 0 Å². The largest absolute Gasteiger partial charge is 0.493 e. The second-order valence-electron chi connectivity index (χ2n) is 5.85. The zero-order valence-electron chi connectivity index (χ0n) is 14.2. The van der Waals surface area contributed by atoms with E-state index < -0.39 is 0 Å². The van der Waals surface area contributed by atoms with Crippen molar-refractivity contribution < 1.29 is 9.47 Å². The molecule has 0 bridgehead atoms. The monoisotopic (exact) mass is 315 g/mol. The lowest BCUT2D eigenvalue weighted by atomic mass is 10.0. The number of hydrogen-bond donors (Lipinski definition) is 1. The maximum absolute atomic E-state index is 5.70. The molecular weight excluding hydrogens is 290 g/mol. The van der Waals surface area contributed by atoms with E-state index in [2.05, 4.69) is 28.1 Å². The summed E-state index contributed by atoms with van der Waals surface area (Å²) in [6.45, 7) is 8.02. The number of aromatic amines is 1. The third-order valence-corrected chi connectivity index (χ3v) is 4.29. The molecule has 124 valence electrons. The number of H-pyrrole nitrogens is 1. The summed E-state index contributed by atoms with van der Waals surface area (Å²) in [6, 6.07) is 6.03. The Morgan fingerprint density at radius 3 is 2.87 bits per heavy atom. The average molecular weight is 315 g/mol. The topological polar surface area (TPSA) is 50.4 Å². The molecule has 1 N–H and O–H groups in total. The molecular formula is C18H25N3O2. The highest BCUT2D eigenvalue weighted by atomic mass is 16.5. The van der Waals surface area contributed by atoms with Crippen molar-refractivity contribution >= 4 is 0 Å². The number of benzene rings is 1. The van der Waals surface area contributed by atoms with Gasteiger partial charge in [0.25, 0.3) is 0 Å². The molecule has 0 radical (unpaired) electrons. The van der Waals surface area contributed by atoms with Gasteiger partial charge in [-0.05, 0) is 38.1 Å². The van der Waals surface area contributed by atoms with Gasteiger partial charge in [-0.25, -0.2) is 0 Å². The molecule has 5 nitrogen and oxygen atoms in total. The predicted octanol–water partition coefficient (Wildman–Crippen LogP) is 3.25. The minimum atomic E-state index is 0.614. The highest BCUT2D eigenvalue weighted by Gasteiger charge is 2.22. The van der Waals surface area contributed by atoms with Gasteiger partial charge in [-0.2, -0.15) is 5.10 Å². The Hall–Kier alpha value is -2.01. The maximum atomic E-state index is 5.70. The molecule has 5 heteroatoms. The average Bonchev–Trinajstić information content (AvgIpc) is 2.98. The summed E-state index contributed by atoms with van der Waals surface area (Å²) in [5, 5.41) is 7.79. The van der Waals surface area contributed by atoms with Crippen molar-refractivity contribution in [1.29, 1.82) is 0 Å². The van der Waals surface area contributed by atoms with Crippen molar-refractivity contribution in [2.45, 2.75) is 33.2 Å². The van der Waals surface area contributed by atoms with Crippen LogP contribution in [0.15, 0.2) is 18.2 Å². The summed E-state index contributed by atoms with van der Waals surface area (Å²) in [6.07, 6.45) is 2.22. The number of methoxy groups -OCH3 is 1. The van der Waals surface area contributed by atoms with Gasteiger partial charge >= 0.3 is 0 Å². The first kappa shape index (κ1) is 15.9. The number of ether oxygens (including phenoxy) is 2. The van der Waals surface area contributed by atoms with Crippen LogP contribution in [0, 0.1) is 0 Å². The van der Waals surface area contributed by atoms with E-state index in [-0.39, 0.29) is 0 Å². The fourth-order valence-electron chi connectivity index (χ4n) is 3.19. The SMILES string of the molecule is CCCN1CCc2[nH]nc(-c3ccc(OC)c(OCC)c3)c2C1. The van der Waals surface area contributed by atoms with E-state index in [1.807, 2.05) is 19.1 Å². The van der Waals surface area contributed by atoms with E-state index in [1.54, 1.807) is 7.11 Å². The molecule has 1 aliphatic rings. The minimum Gasteiger partial charge on any atom is -0.493 e. The van der Waals surface area contributed by atoms with Crippen molar-refractivity contribution in [3.8, 4) is 22.8 Å². The summed E-state index contributed by atoms with van der Waals surface area (Å²) in [4.78, 5) is 2.49. The van der Waals surface area contributed by atoms with Gasteiger partial charge in [0.1, 0.15) is 0 Å². The quantitative estimate of drug-likeness (QED) is 0.889. The Kier molecular flexibility index (Phi) is 4.86. The van der Waals surface area contributed by atoms with Crippen LogP contribution in [0.1, 0.15) is 31.5 Å². The summed E-state index contributed by atoms with van der Waals surface area (Å²) in [5.41, 5.74) is 4.69. The number of hydrogen-bond acceptors (Lipinski definition) is 4. The van der Waals surface area contributed by atoms with Crippen LogP contribution in [0.4, 0.5) is 0 Å². The van der Waals surface area contributed by atoms with Crippen LogP contribution in [0.2, 0.25) is 0 Å². The summed E-state index contributed by atoms with van der Waals surface area (Å²) in [5.74, 6) is 1.53. The fraction of sp³-hybridized carbons (Fsp3) is 0.500. The molecule has 0 fully saturated rings. The summed E-state index contributed by atoms with van der Waals surface area (Å²) >= 11 is 0. The fourth-order valence-corrected chi connectivity index (χ4v) is 3.19. The Morgan fingerprint density at radius 2 is 2.13 bits per heavy atom. The van der Waals surface area contributed by atoms with Crippen molar-refractivity contribution in [1.82, 2.24) is 15.1 Å². The van der Waals surface area contributed by atoms with E-state index in [9.17, 15) is 0 Å². The highest BCUT2D eigenvalue weighted by molar-refractivity contribution is 5.68. The molecule has 1 aromatic carbocycles. The third kappa shape index (κ3) is 3.20. The van der Waals surface area contributed by atoms with Gasteiger partial charge in [-0.1, -0.05) is 6.92 Å². The number of nitrogens with one attached hydrogen (secondary N) is 1. The first-order valence-corrected chi connectivity index (χ1v) is 8.36. The Morgan fingerprint density at radius 1 is 1.26 bits per heavy atom. The van der Waals surface area contributed by atoms with Crippen molar-refractivity contribution in [2.24, 2.45) is 0 Å². The molecule has 2 heterocycles. The second kappa shape index (κ2) is 7.04. The zero-order chi connectivity index (χ0) is 16.2. The minimum absolute atomic E-state index is 0.614. The van der Waals surface area contributed by atoms with Gasteiger partial charge in [-0.3, -0.25) is 10.00 Å². The highest BCUT2D eigenvalue weighted by Crippen LogP contribution is 2.35. The molecule has 1 aromatic heterocycles. The number of nitrogens with zero attached hydrogens (tertiary/aromatic N) is 2. The molecule has 2 aromatic rings. The van der Waals surface area contributed by atoms with Crippen LogP contribution in [0.25, 0.3) is 11.3 Å². The molecule has 3 rings (SSSR count). The molecule has 0 amide bonds. The third-order valence-electron chi connectivity index (χ3n) is 4.29. The Balaban J connectivity index is 1.94. The summed E-state index contributed by atoms with van der Waals surface area (Å²) < 4.78 is 11.1. The Bertz CT molecular complexity index is 666. The Labute approximate surface area is 137 Å². The smallest absolute Gasteiger partial charge is 0.161 e. The molecule has 0 saturated carbocycles. The molecule has 1 aliphatic heterocycles. The van der Waals surface area contributed by atoms with Gasteiger partial charge in [0, 0.05) is 36.3 Å². The van der Waals surface area contributed by atoms with Gasteiger partial charge in [0.15, 0.2) is 11.5 Å². The normalized spacial score (nSPS) is 14.6. The zero-order valence-corrected chi connectivity index (χ0v) is 14.2. The summed E-state index contributed by atoms with van der Waals surface area (Å²) in [7, 11) is 1.66. The van der Waals surface area contributed by atoms with Crippen LogP contribution in [-0.2, 0) is 13.0 Å². The molecule has 0 spiro atoms. The lowest BCUT2D eigenvalue weighted by molar-refractivity contribution is 0.254. The lowest BCUT2D eigenvalue weighted by Crippen LogP contribution is -2.31. The van der Waals surface area contributed by atoms with Crippen molar-refractivity contribution in [3.63, 3.8) is 0 Å². The second-order valence-corrected chi connectivity index (χ2v) is 5.85. The van der Waals surface area contributed by atoms with E-state index in [0.29, 0.717) is 6.61 Å². The van der Waals surface area contributed by atoms with Gasteiger partial charge < -0.3 is 9.47 Å². The van der Waals surface area contributed by atoms with Crippen LogP contribution in [-0.4, -0.2) is 41.9 Å². The van der Waals surface area contributed by atoms with E-state index in [0.717, 1.165) is 48.8 Å². The molecule has 0 saturated heterocycles. The van der Waals surface area contributed by atoms with Crippen LogP contribution >= 0.6 is 0 Å². The van der Waals surface area contributed by atoms with Crippen molar-refractivity contribution in [2.75, 3.05) is 26.8 Å².